The lowest BCUT2D eigenvalue weighted by atomic mass is 9.86. The number of anilines is 1. The summed E-state index contributed by atoms with van der Waals surface area (Å²) in [5.74, 6) is -3.14. The van der Waals surface area contributed by atoms with Gasteiger partial charge >= 0.3 is 5.97 Å². The van der Waals surface area contributed by atoms with Crippen LogP contribution in [0.2, 0.25) is 0 Å². The van der Waals surface area contributed by atoms with Crippen molar-refractivity contribution in [3.8, 4) is 0 Å². The monoisotopic (exact) mass is 283 g/mol. The van der Waals surface area contributed by atoms with Crippen LogP contribution < -0.4 is 4.90 Å². The molecule has 0 heterocycles. The summed E-state index contributed by atoms with van der Waals surface area (Å²) in [4.78, 5) is 12.5. The first-order valence-electron chi connectivity index (χ1n) is 6.86. The normalized spacial score (nSPS) is 22.6. The van der Waals surface area contributed by atoms with Gasteiger partial charge in [0.05, 0.1) is 11.3 Å². The van der Waals surface area contributed by atoms with Gasteiger partial charge in [0.2, 0.25) is 0 Å². The number of hydrogen-bond acceptors (Lipinski definition) is 2. The average Bonchev–Trinajstić information content (AvgIpc) is 2.41. The van der Waals surface area contributed by atoms with Crippen LogP contribution in [0.3, 0.4) is 0 Å². The Bertz CT molecular complexity index is 511. The predicted molar refractivity (Wildman–Crippen MR) is 73.1 cm³/mol. The summed E-state index contributed by atoms with van der Waals surface area (Å²) < 4.78 is 27.7. The molecule has 20 heavy (non-hydrogen) atoms. The average molecular weight is 283 g/mol. The molecule has 1 aromatic rings. The van der Waals surface area contributed by atoms with E-state index in [0.29, 0.717) is 5.92 Å². The highest BCUT2D eigenvalue weighted by molar-refractivity contribution is 5.88. The standard InChI is InChI=1S/C15H19F2NO2/c1-9-3-5-10(6-4-9)18(2)12-8-7-11(15(19)20)13(16)14(12)17/h7-10H,3-6H2,1-2H3,(H,19,20). The van der Waals surface area contributed by atoms with Crippen molar-refractivity contribution in [2.75, 3.05) is 11.9 Å². The Kier molecular flexibility index (Phi) is 4.26. The molecule has 5 heteroatoms. The fourth-order valence-electron chi connectivity index (χ4n) is 2.80. The third-order valence-electron chi connectivity index (χ3n) is 4.21. The van der Waals surface area contributed by atoms with Gasteiger partial charge in [-0.1, -0.05) is 6.92 Å². The zero-order valence-corrected chi connectivity index (χ0v) is 11.7. The second-order valence-corrected chi connectivity index (χ2v) is 5.59. The fraction of sp³-hybridized carbons (Fsp3) is 0.533. The molecule has 0 atom stereocenters. The highest BCUT2D eigenvalue weighted by atomic mass is 19.2. The van der Waals surface area contributed by atoms with Gasteiger partial charge in [0.25, 0.3) is 0 Å². The van der Waals surface area contributed by atoms with E-state index in [1.54, 1.807) is 11.9 Å². The molecule has 0 spiro atoms. The van der Waals surface area contributed by atoms with Crippen molar-refractivity contribution in [3.63, 3.8) is 0 Å². The molecule has 1 aliphatic rings. The summed E-state index contributed by atoms with van der Waals surface area (Å²) in [5, 5.41) is 8.78. The van der Waals surface area contributed by atoms with Crippen LogP contribution in [-0.2, 0) is 0 Å². The van der Waals surface area contributed by atoms with Crippen molar-refractivity contribution in [1.29, 1.82) is 0 Å². The van der Waals surface area contributed by atoms with Crippen molar-refractivity contribution in [1.82, 2.24) is 0 Å². The molecule has 3 nitrogen and oxygen atoms in total. The Hall–Kier alpha value is -1.65. The zero-order chi connectivity index (χ0) is 14.9. The van der Waals surface area contributed by atoms with E-state index < -0.39 is 23.2 Å². The molecule has 0 bridgehead atoms. The van der Waals surface area contributed by atoms with Gasteiger partial charge in [0.1, 0.15) is 0 Å². The molecule has 0 amide bonds. The first-order chi connectivity index (χ1) is 9.41. The molecule has 0 aliphatic heterocycles. The highest BCUT2D eigenvalue weighted by Gasteiger charge is 2.26. The minimum Gasteiger partial charge on any atom is -0.478 e. The number of rotatable bonds is 3. The van der Waals surface area contributed by atoms with Crippen molar-refractivity contribution >= 4 is 11.7 Å². The summed E-state index contributed by atoms with van der Waals surface area (Å²) in [5.41, 5.74) is -0.496. The number of hydrogen-bond donors (Lipinski definition) is 1. The van der Waals surface area contributed by atoms with Crippen LogP contribution in [-0.4, -0.2) is 24.2 Å². The van der Waals surface area contributed by atoms with Gasteiger partial charge in [-0.15, -0.1) is 0 Å². The van der Waals surface area contributed by atoms with Gasteiger partial charge in [-0.2, -0.15) is 0 Å². The molecule has 0 radical (unpaired) electrons. The van der Waals surface area contributed by atoms with Crippen molar-refractivity contribution in [2.24, 2.45) is 5.92 Å². The molecule has 1 aromatic carbocycles. The van der Waals surface area contributed by atoms with Crippen LogP contribution in [0.4, 0.5) is 14.5 Å². The Morgan fingerprint density at radius 3 is 2.35 bits per heavy atom. The van der Waals surface area contributed by atoms with E-state index in [-0.39, 0.29) is 11.7 Å². The zero-order valence-electron chi connectivity index (χ0n) is 11.7. The molecule has 1 N–H and O–H groups in total. The van der Waals surface area contributed by atoms with Crippen molar-refractivity contribution in [2.45, 2.75) is 38.6 Å². The molecule has 0 saturated heterocycles. The van der Waals surface area contributed by atoms with Crippen molar-refractivity contribution in [3.05, 3.63) is 29.3 Å². The summed E-state index contributed by atoms with van der Waals surface area (Å²) in [6.07, 6.45) is 4.04. The van der Waals surface area contributed by atoms with Gasteiger partial charge in [-0.3, -0.25) is 0 Å². The largest absolute Gasteiger partial charge is 0.478 e. The van der Waals surface area contributed by atoms with E-state index in [1.165, 1.54) is 6.07 Å². The fourth-order valence-corrected chi connectivity index (χ4v) is 2.80. The summed E-state index contributed by atoms with van der Waals surface area (Å²) >= 11 is 0. The number of benzene rings is 1. The Morgan fingerprint density at radius 1 is 1.20 bits per heavy atom. The van der Waals surface area contributed by atoms with Crippen LogP contribution in [0, 0.1) is 17.6 Å². The second-order valence-electron chi connectivity index (χ2n) is 5.59. The number of nitrogens with zero attached hydrogens (tertiary/aromatic N) is 1. The van der Waals surface area contributed by atoms with Crippen LogP contribution in [0.25, 0.3) is 0 Å². The lowest BCUT2D eigenvalue weighted by Crippen LogP contribution is -2.35. The topological polar surface area (TPSA) is 40.5 Å². The third-order valence-corrected chi connectivity index (χ3v) is 4.21. The van der Waals surface area contributed by atoms with Gasteiger partial charge in [0, 0.05) is 13.1 Å². The van der Waals surface area contributed by atoms with E-state index in [2.05, 4.69) is 6.92 Å². The Morgan fingerprint density at radius 2 is 1.80 bits per heavy atom. The predicted octanol–water partition coefficient (Wildman–Crippen LogP) is 3.68. The molecule has 110 valence electrons. The van der Waals surface area contributed by atoms with E-state index in [1.807, 2.05) is 0 Å². The third kappa shape index (κ3) is 2.76. The van der Waals surface area contributed by atoms with E-state index >= 15 is 0 Å². The SMILES string of the molecule is CC1CCC(N(C)c2ccc(C(=O)O)c(F)c2F)CC1. The van der Waals surface area contributed by atoms with Crippen LogP contribution in [0.5, 0.6) is 0 Å². The van der Waals surface area contributed by atoms with Gasteiger partial charge in [0.15, 0.2) is 11.6 Å². The van der Waals surface area contributed by atoms with E-state index in [0.717, 1.165) is 31.7 Å². The van der Waals surface area contributed by atoms with Crippen LogP contribution >= 0.6 is 0 Å². The van der Waals surface area contributed by atoms with Crippen LogP contribution in [0.15, 0.2) is 12.1 Å². The minimum absolute atomic E-state index is 0.132. The van der Waals surface area contributed by atoms with Gasteiger partial charge < -0.3 is 10.0 Å². The van der Waals surface area contributed by atoms with Crippen LogP contribution in [0.1, 0.15) is 43.0 Å². The Labute approximate surface area is 117 Å². The molecular formula is C15H19F2NO2. The summed E-state index contributed by atoms with van der Waals surface area (Å²) in [6, 6.07) is 2.65. The number of aromatic carboxylic acids is 1. The Balaban J connectivity index is 2.24. The maximum atomic E-state index is 14.0. The number of carboxylic acid groups (broad SMARTS) is 1. The van der Waals surface area contributed by atoms with E-state index in [4.69, 9.17) is 5.11 Å². The quantitative estimate of drug-likeness (QED) is 0.920. The molecule has 1 saturated carbocycles. The van der Waals surface area contributed by atoms with E-state index in [9.17, 15) is 13.6 Å². The second kappa shape index (κ2) is 5.77. The lowest BCUT2D eigenvalue weighted by Gasteiger charge is -2.35. The summed E-state index contributed by atoms with van der Waals surface area (Å²) in [6.45, 7) is 2.19. The number of carbonyl (C=O) groups is 1. The summed E-state index contributed by atoms with van der Waals surface area (Å²) in [7, 11) is 1.74. The minimum atomic E-state index is -1.46. The molecule has 0 aromatic heterocycles. The molecule has 1 fully saturated rings. The van der Waals surface area contributed by atoms with Gasteiger partial charge in [-0.05, 0) is 43.7 Å². The molecule has 0 unspecified atom stereocenters. The smallest absolute Gasteiger partial charge is 0.338 e. The lowest BCUT2D eigenvalue weighted by molar-refractivity contribution is 0.0690. The van der Waals surface area contributed by atoms with Gasteiger partial charge in [-0.25, -0.2) is 13.6 Å². The molecular weight excluding hydrogens is 264 g/mol. The maximum Gasteiger partial charge on any atom is 0.338 e. The number of halogens is 2. The first kappa shape index (κ1) is 14.8. The molecule has 1 aliphatic carbocycles. The maximum absolute atomic E-state index is 14.0. The number of carboxylic acids is 1. The highest BCUT2D eigenvalue weighted by Crippen LogP contribution is 2.31. The first-order valence-corrected chi connectivity index (χ1v) is 6.86. The molecule has 2 rings (SSSR count). The van der Waals surface area contributed by atoms with Crippen molar-refractivity contribution < 1.29 is 18.7 Å².